The van der Waals surface area contributed by atoms with Crippen LogP contribution in [0.2, 0.25) is 5.02 Å². The highest BCUT2D eigenvalue weighted by atomic mass is 35.5. The maximum atomic E-state index is 12.5. The van der Waals surface area contributed by atoms with Gasteiger partial charge in [0.05, 0.1) is 5.02 Å². The minimum atomic E-state index is -4.89. The minimum Gasteiger partial charge on any atom is -0.406 e. The molecular formula is C19H13ClF3N5O3. The van der Waals surface area contributed by atoms with Crippen molar-refractivity contribution in [3.05, 3.63) is 69.8 Å². The van der Waals surface area contributed by atoms with E-state index < -0.39 is 17.9 Å². The van der Waals surface area contributed by atoms with Crippen molar-refractivity contribution in [3.63, 3.8) is 0 Å². The maximum Gasteiger partial charge on any atom is 0.573 e. The molecule has 0 bridgehead atoms. The van der Waals surface area contributed by atoms with Gasteiger partial charge in [-0.25, -0.2) is 9.78 Å². The average molecular weight is 452 g/mol. The molecule has 2 N–H and O–H groups in total. The number of benzene rings is 2. The number of hydrogen-bond donors (Lipinski definition) is 2. The van der Waals surface area contributed by atoms with Crippen LogP contribution in [0.25, 0.3) is 11.1 Å². The molecule has 0 unspecified atom stereocenters. The minimum absolute atomic E-state index is 0.0641. The molecule has 0 atom stereocenters. The summed E-state index contributed by atoms with van der Waals surface area (Å²) in [6.07, 6.45) is -3.41. The Balaban J connectivity index is 1.62. The third kappa shape index (κ3) is 4.56. The first kappa shape index (κ1) is 20.5. The quantitative estimate of drug-likeness (QED) is 0.447. The van der Waals surface area contributed by atoms with E-state index in [1.807, 2.05) is 0 Å². The van der Waals surface area contributed by atoms with Crippen LogP contribution >= 0.6 is 11.6 Å². The van der Waals surface area contributed by atoms with E-state index in [4.69, 9.17) is 16.0 Å². The summed E-state index contributed by atoms with van der Waals surface area (Å²) in [5.74, 6) is -0.859. The molecule has 0 fully saturated rings. The van der Waals surface area contributed by atoms with Crippen LogP contribution in [0.4, 0.5) is 30.6 Å². The van der Waals surface area contributed by atoms with Crippen molar-refractivity contribution < 1.29 is 22.3 Å². The highest BCUT2D eigenvalue weighted by molar-refractivity contribution is 6.32. The first-order chi connectivity index (χ1) is 14.7. The second kappa shape index (κ2) is 7.84. The Morgan fingerprint density at radius 2 is 1.97 bits per heavy atom. The Kier molecular flexibility index (Phi) is 5.19. The summed E-state index contributed by atoms with van der Waals surface area (Å²) < 4.78 is 47.9. The molecule has 2 aromatic carbocycles. The van der Waals surface area contributed by atoms with Crippen molar-refractivity contribution >= 4 is 40.2 Å². The Bertz CT molecular complexity index is 1320. The second-order valence-electron chi connectivity index (χ2n) is 6.33. The summed E-state index contributed by atoms with van der Waals surface area (Å²) >= 11 is 5.76. The zero-order valence-electron chi connectivity index (χ0n) is 15.7. The molecule has 12 heteroatoms. The normalized spacial score (nSPS) is 11.5. The average Bonchev–Trinajstić information content (AvgIpc) is 3.01. The van der Waals surface area contributed by atoms with Crippen molar-refractivity contribution in [2.75, 3.05) is 10.7 Å². The van der Waals surface area contributed by atoms with Crippen LogP contribution in [0, 0.1) is 6.92 Å². The fraction of sp³-hybridized carbons (Fsp3) is 0.105. The summed E-state index contributed by atoms with van der Waals surface area (Å²) in [5, 5.41) is 2.57. The van der Waals surface area contributed by atoms with Crippen LogP contribution < -0.4 is 21.2 Å². The van der Waals surface area contributed by atoms with Crippen molar-refractivity contribution in [3.8, 4) is 5.75 Å². The van der Waals surface area contributed by atoms with Crippen LogP contribution in [0.1, 0.15) is 5.56 Å². The first-order valence-electron chi connectivity index (χ1n) is 8.73. The van der Waals surface area contributed by atoms with E-state index >= 15 is 0 Å². The topological polar surface area (TPSA) is 94.2 Å². The molecule has 0 radical (unpaired) electrons. The zero-order chi connectivity index (χ0) is 22.2. The van der Waals surface area contributed by atoms with E-state index in [0.29, 0.717) is 16.7 Å². The van der Waals surface area contributed by atoms with Crippen molar-refractivity contribution in [2.24, 2.45) is 0 Å². The third-order valence-electron chi connectivity index (χ3n) is 4.09. The predicted molar refractivity (Wildman–Crippen MR) is 108 cm³/mol. The molecule has 4 aromatic rings. The smallest absolute Gasteiger partial charge is 0.406 e. The van der Waals surface area contributed by atoms with Gasteiger partial charge in [0.25, 0.3) is 0 Å². The van der Waals surface area contributed by atoms with Gasteiger partial charge in [-0.3, -0.25) is 5.43 Å². The van der Waals surface area contributed by atoms with Crippen LogP contribution in [0.3, 0.4) is 0 Å². The van der Waals surface area contributed by atoms with Gasteiger partial charge in [-0.2, -0.15) is 9.66 Å². The molecule has 0 spiro atoms. The molecule has 0 saturated heterocycles. The molecule has 8 nitrogen and oxygen atoms in total. The van der Waals surface area contributed by atoms with Gasteiger partial charge in [0, 0.05) is 23.5 Å². The van der Waals surface area contributed by atoms with E-state index in [9.17, 15) is 18.0 Å². The number of hydrogen-bond acceptors (Lipinski definition) is 7. The SMILES string of the molecule is Cc1cnc(Nc2ccc(Cl)c(OC(F)(F)F)c2)nc1Nn1c(=O)oc2ccccc21. The number of fused-ring (bicyclic) bond motifs is 1. The van der Waals surface area contributed by atoms with Crippen LogP contribution in [0.5, 0.6) is 5.75 Å². The van der Waals surface area contributed by atoms with Crippen LogP contribution in [-0.4, -0.2) is 21.0 Å². The number of oxazole rings is 1. The second-order valence-corrected chi connectivity index (χ2v) is 6.73. The molecular weight excluding hydrogens is 439 g/mol. The van der Waals surface area contributed by atoms with Crippen LogP contribution in [0.15, 0.2) is 57.9 Å². The van der Waals surface area contributed by atoms with E-state index in [-0.39, 0.29) is 22.5 Å². The number of rotatable bonds is 5. The van der Waals surface area contributed by atoms with Crippen molar-refractivity contribution in [1.82, 2.24) is 14.6 Å². The number of nitrogens with one attached hydrogen (secondary N) is 2. The van der Waals surface area contributed by atoms with Gasteiger partial charge < -0.3 is 14.5 Å². The molecule has 2 aromatic heterocycles. The van der Waals surface area contributed by atoms with Crippen molar-refractivity contribution in [2.45, 2.75) is 13.3 Å². The van der Waals surface area contributed by atoms with Gasteiger partial charge >= 0.3 is 12.1 Å². The highest BCUT2D eigenvalue weighted by Crippen LogP contribution is 2.33. The summed E-state index contributed by atoms with van der Waals surface area (Å²) in [6.45, 7) is 1.72. The van der Waals surface area contributed by atoms with Crippen LogP contribution in [-0.2, 0) is 0 Å². The van der Waals surface area contributed by atoms with Crippen molar-refractivity contribution in [1.29, 1.82) is 0 Å². The molecule has 0 aliphatic carbocycles. The number of aromatic nitrogens is 3. The molecule has 4 rings (SSSR count). The molecule has 160 valence electrons. The van der Waals surface area contributed by atoms with Gasteiger partial charge in [0.2, 0.25) is 5.95 Å². The van der Waals surface area contributed by atoms with E-state index in [0.717, 1.165) is 6.07 Å². The van der Waals surface area contributed by atoms with Gasteiger partial charge in [-0.1, -0.05) is 23.7 Å². The lowest BCUT2D eigenvalue weighted by Crippen LogP contribution is -2.23. The highest BCUT2D eigenvalue weighted by Gasteiger charge is 2.32. The number of para-hydroxylation sites is 2. The molecule has 31 heavy (non-hydrogen) atoms. The number of alkyl halides is 3. The van der Waals surface area contributed by atoms with Gasteiger partial charge in [0.1, 0.15) is 11.3 Å². The van der Waals surface area contributed by atoms with E-state index in [2.05, 4.69) is 25.4 Å². The number of ether oxygens (including phenoxy) is 1. The number of anilines is 3. The fourth-order valence-corrected chi connectivity index (χ4v) is 2.86. The Morgan fingerprint density at radius 1 is 1.19 bits per heavy atom. The number of halogens is 4. The Morgan fingerprint density at radius 3 is 2.74 bits per heavy atom. The predicted octanol–water partition coefficient (Wildman–Crippen LogP) is 4.86. The maximum absolute atomic E-state index is 12.5. The molecule has 0 amide bonds. The summed E-state index contributed by atoms with van der Waals surface area (Å²) in [7, 11) is 0. The Hall–Kier alpha value is -3.73. The zero-order valence-corrected chi connectivity index (χ0v) is 16.5. The standard InChI is InChI=1S/C19H13ClF3N5O3/c1-10-9-24-17(25-11-6-7-12(20)15(8-11)31-19(21,22)23)26-16(10)27-28-13-4-2-3-5-14(13)30-18(28)29/h2-9H,1H3,(H2,24,25,26,27). The van der Waals surface area contributed by atoms with Gasteiger partial charge in [-0.05, 0) is 31.2 Å². The summed E-state index contributed by atoms with van der Waals surface area (Å²) in [6, 6.07) is 10.6. The molecule has 0 aliphatic heterocycles. The van der Waals surface area contributed by atoms with E-state index in [1.54, 1.807) is 31.2 Å². The monoisotopic (exact) mass is 451 g/mol. The lowest BCUT2D eigenvalue weighted by Gasteiger charge is -2.13. The molecule has 0 aliphatic rings. The lowest BCUT2D eigenvalue weighted by atomic mass is 10.3. The Labute approximate surface area is 177 Å². The molecule has 0 saturated carbocycles. The summed E-state index contributed by atoms with van der Waals surface area (Å²) in [4.78, 5) is 20.6. The summed E-state index contributed by atoms with van der Waals surface area (Å²) in [5.41, 5.74) is 4.59. The fourth-order valence-electron chi connectivity index (χ4n) is 2.71. The third-order valence-corrected chi connectivity index (χ3v) is 4.40. The molecule has 2 heterocycles. The number of aryl methyl sites for hydroxylation is 1. The number of nitrogens with zero attached hydrogens (tertiary/aromatic N) is 3. The van der Waals surface area contributed by atoms with E-state index in [1.165, 1.54) is 23.0 Å². The van der Waals surface area contributed by atoms with Gasteiger partial charge in [-0.15, -0.1) is 13.2 Å². The largest absolute Gasteiger partial charge is 0.573 e. The lowest BCUT2D eigenvalue weighted by molar-refractivity contribution is -0.274. The van der Waals surface area contributed by atoms with Gasteiger partial charge in [0.15, 0.2) is 11.4 Å². The first-order valence-corrected chi connectivity index (χ1v) is 9.11.